The number of ether oxygens (including phenoxy) is 1. The molecule has 0 bridgehead atoms. The summed E-state index contributed by atoms with van der Waals surface area (Å²) >= 11 is 0. The Morgan fingerprint density at radius 2 is 1.96 bits per heavy atom. The number of carbonyl (C=O) groups excluding carboxylic acids is 2. The van der Waals surface area contributed by atoms with Gasteiger partial charge < -0.3 is 20.1 Å². The van der Waals surface area contributed by atoms with Gasteiger partial charge in [-0.05, 0) is 40.5 Å². The molecule has 0 aliphatic carbocycles. The summed E-state index contributed by atoms with van der Waals surface area (Å²) in [5, 5.41) is 12.2. The summed E-state index contributed by atoms with van der Waals surface area (Å²) in [6, 6.07) is -1.03. The van der Waals surface area contributed by atoms with Crippen LogP contribution in [0, 0.1) is 0 Å². The van der Waals surface area contributed by atoms with E-state index >= 15 is 0 Å². The molecule has 3 amide bonds. The summed E-state index contributed by atoms with van der Waals surface area (Å²) in [4.78, 5) is 39.6. The largest absolute Gasteiger partial charge is 0.465 e. The number of hydrogen-bond donors (Lipinski definition) is 2. The van der Waals surface area contributed by atoms with E-state index in [4.69, 9.17) is 4.74 Å². The van der Waals surface area contributed by atoms with Crippen LogP contribution in [0.15, 0.2) is 0 Å². The van der Waals surface area contributed by atoms with Crippen molar-refractivity contribution in [1.82, 2.24) is 15.1 Å². The monoisotopic (exact) mass is 325 g/mol. The molecule has 3 heterocycles. The number of hydrogen-bond acceptors (Lipinski definition) is 4. The summed E-state index contributed by atoms with van der Waals surface area (Å²) in [6.07, 6.45) is -0.417. The first kappa shape index (κ1) is 16.0. The maximum Gasteiger partial charge on any atom is 0.410 e. The van der Waals surface area contributed by atoms with Crippen molar-refractivity contribution in [2.45, 2.75) is 70.0 Å². The molecular formula is C15H23N3O5. The van der Waals surface area contributed by atoms with Gasteiger partial charge in [-0.25, -0.2) is 4.79 Å². The topological polar surface area (TPSA) is 99.2 Å². The fraction of sp³-hybridized carbons (Fsp3) is 0.800. The van der Waals surface area contributed by atoms with Gasteiger partial charge in [-0.3, -0.25) is 14.5 Å². The maximum atomic E-state index is 13.2. The molecule has 0 radical (unpaired) electrons. The molecule has 8 nitrogen and oxygen atoms in total. The Hall–Kier alpha value is -1.83. The van der Waals surface area contributed by atoms with Crippen molar-refractivity contribution in [1.29, 1.82) is 0 Å². The predicted octanol–water partition coefficient (Wildman–Crippen LogP) is 0.369. The van der Waals surface area contributed by atoms with Gasteiger partial charge in [0.2, 0.25) is 11.8 Å². The number of likely N-dealkylation sites (tertiary alicyclic amines) is 1. The molecule has 0 aromatic rings. The number of nitrogens with one attached hydrogen (secondary N) is 1. The van der Waals surface area contributed by atoms with Crippen LogP contribution in [-0.4, -0.2) is 68.8 Å². The third-order valence-electron chi connectivity index (χ3n) is 5.32. The van der Waals surface area contributed by atoms with Crippen molar-refractivity contribution in [2.24, 2.45) is 0 Å². The van der Waals surface area contributed by atoms with E-state index in [0.29, 0.717) is 13.0 Å². The molecular weight excluding hydrogens is 302 g/mol. The summed E-state index contributed by atoms with van der Waals surface area (Å²) in [6.45, 7) is 7.28. The van der Waals surface area contributed by atoms with E-state index in [9.17, 15) is 19.5 Å². The minimum absolute atomic E-state index is 0.0971. The smallest absolute Gasteiger partial charge is 0.410 e. The number of amides is 3. The lowest BCUT2D eigenvalue weighted by molar-refractivity contribution is -0.156. The third kappa shape index (κ3) is 2.04. The van der Waals surface area contributed by atoms with Crippen LogP contribution in [0.4, 0.5) is 4.79 Å². The Morgan fingerprint density at radius 3 is 2.43 bits per heavy atom. The molecule has 3 saturated heterocycles. The molecule has 0 saturated carbocycles. The van der Waals surface area contributed by atoms with Gasteiger partial charge in [-0.1, -0.05) is 0 Å². The summed E-state index contributed by atoms with van der Waals surface area (Å²) < 4.78 is 5.69. The van der Waals surface area contributed by atoms with Crippen LogP contribution >= 0.6 is 0 Å². The van der Waals surface area contributed by atoms with E-state index in [1.54, 1.807) is 25.7 Å². The van der Waals surface area contributed by atoms with Gasteiger partial charge in [0, 0.05) is 6.04 Å². The number of β-lactam (4-membered cyclic amide) rings is 1. The van der Waals surface area contributed by atoms with Gasteiger partial charge in [0.05, 0.1) is 12.6 Å². The fourth-order valence-corrected chi connectivity index (χ4v) is 4.23. The van der Waals surface area contributed by atoms with Crippen LogP contribution in [-0.2, 0) is 14.3 Å². The predicted molar refractivity (Wildman–Crippen MR) is 79.6 cm³/mol. The Labute approximate surface area is 134 Å². The highest BCUT2D eigenvalue weighted by Gasteiger charge is 2.61. The van der Waals surface area contributed by atoms with Crippen molar-refractivity contribution in [3.05, 3.63) is 0 Å². The van der Waals surface area contributed by atoms with Crippen molar-refractivity contribution in [2.75, 3.05) is 6.54 Å². The van der Waals surface area contributed by atoms with Crippen LogP contribution in [0.1, 0.15) is 40.5 Å². The molecule has 4 atom stereocenters. The Balaban J connectivity index is 1.95. The highest BCUT2D eigenvalue weighted by molar-refractivity contribution is 5.99. The molecule has 23 heavy (non-hydrogen) atoms. The normalized spacial score (nSPS) is 38.6. The van der Waals surface area contributed by atoms with E-state index in [1.807, 2.05) is 6.92 Å². The molecule has 128 valence electrons. The molecule has 2 N–H and O–H groups in total. The Bertz CT molecular complexity index is 577. The summed E-state index contributed by atoms with van der Waals surface area (Å²) in [5.74, 6) is -0.492. The van der Waals surface area contributed by atoms with Gasteiger partial charge in [0.25, 0.3) is 0 Å². The van der Waals surface area contributed by atoms with Gasteiger partial charge in [0.15, 0.2) is 0 Å². The first-order valence-electron chi connectivity index (χ1n) is 7.93. The number of rotatable bonds is 1. The lowest BCUT2D eigenvalue weighted by atomic mass is 9.87. The highest BCUT2D eigenvalue weighted by Crippen LogP contribution is 2.41. The highest BCUT2D eigenvalue weighted by atomic mass is 16.6. The Morgan fingerprint density at radius 1 is 1.30 bits per heavy atom. The van der Waals surface area contributed by atoms with Gasteiger partial charge in [-0.2, -0.15) is 0 Å². The van der Waals surface area contributed by atoms with E-state index in [-0.39, 0.29) is 17.9 Å². The lowest BCUT2D eigenvalue weighted by Crippen LogP contribution is -2.74. The SMILES string of the molecule is CC1OC(C)(C)N(C(=O)O)C1C(=O)N1C(C)CCC12CNC2=O. The van der Waals surface area contributed by atoms with Crippen LogP contribution in [0.3, 0.4) is 0 Å². The van der Waals surface area contributed by atoms with Crippen LogP contribution < -0.4 is 5.32 Å². The summed E-state index contributed by atoms with van der Waals surface area (Å²) in [5.41, 5.74) is -1.89. The second kappa shape index (κ2) is 4.83. The lowest BCUT2D eigenvalue weighted by Gasteiger charge is -2.47. The quantitative estimate of drug-likeness (QED) is 0.679. The minimum Gasteiger partial charge on any atom is -0.465 e. The first-order valence-corrected chi connectivity index (χ1v) is 7.93. The molecule has 3 rings (SSSR count). The standard InChI is InChI=1S/C15H23N3O5/c1-8-5-6-15(7-16-12(15)20)17(8)11(19)10-9(2)23-14(3,4)18(10)13(21)22/h8-10H,5-7H2,1-4H3,(H,16,20)(H,21,22). The molecule has 1 spiro atoms. The van der Waals surface area contributed by atoms with Crippen LogP contribution in [0.2, 0.25) is 0 Å². The third-order valence-corrected chi connectivity index (χ3v) is 5.32. The number of carboxylic acid groups (broad SMARTS) is 1. The van der Waals surface area contributed by atoms with Gasteiger partial charge >= 0.3 is 6.09 Å². The molecule has 4 unspecified atom stereocenters. The first-order chi connectivity index (χ1) is 10.6. The van der Waals surface area contributed by atoms with Gasteiger partial charge in [-0.15, -0.1) is 0 Å². The van der Waals surface area contributed by atoms with Crippen LogP contribution in [0.25, 0.3) is 0 Å². The zero-order valence-electron chi connectivity index (χ0n) is 13.8. The molecule has 0 aromatic heterocycles. The molecule has 3 aliphatic rings. The average molecular weight is 325 g/mol. The van der Waals surface area contributed by atoms with Crippen molar-refractivity contribution in [3.8, 4) is 0 Å². The Kier molecular flexibility index (Phi) is 3.37. The maximum absolute atomic E-state index is 13.2. The second-order valence-corrected chi connectivity index (χ2v) is 7.18. The zero-order valence-corrected chi connectivity index (χ0v) is 13.8. The molecule has 0 aromatic carbocycles. The van der Waals surface area contributed by atoms with Crippen molar-refractivity contribution < 1.29 is 24.2 Å². The van der Waals surface area contributed by atoms with E-state index in [0.717, 1.165) is 11.3 Å². The van der Waals surface area contributed by atoms with Gasteiger partial charge in [0.1, 0.15) is 17.3 Å². The van der Waals surface area contributed by atoms with E-state index in [2.05, 4.69) is 5.32 Å². The zero-order chi connectivity index (χ0) is 17.2. The van der Waals surface area contributed by atoms with Crippen LogP contribution in [0.5, 0.6) is 0 Å². The van der Waals surface area contributed by atoms with E-state index in [1.165, 1.54) is 0 Å². The molecule has 3 fully saturated rings. The van der Waals surface area contributed by atoms with Crippen molar-refractivity contribution >= 4 is 17.9 Å². The number of carbonyl (C=O) groups is 3. The molecule has 3 aliphatic heterocycles. The molecule has 8 heteroatoms. The van der Waals surface area contributed by atoms with E-state index < -0.39 is 29.5 Å². The second-order valence-electron chi connectivity index (χ2n) is 7.18. The average Bonchev–Trinajstić information content (AvgIpc) is 2.91. The van der Waals surface area contributed by atoms with Crippen molar-refractivity contribution in [3.63, 3.8) is 0 Å². The minimum atomic E-state index is -1.20. The fourth-order valence-electron chi connectivity index (χ4n) is 4.23. The number of nitrogens with zero attached hydrogens (tertiary/aromatic N) is 2. The summed E-state index contributed by atoms with van der Waals surface area (Å²) in [7, 11) is 0.